The molecule has 0 atom stereocenters. The van der Waals surface area contributed by atoms with Crippen LogP contribution in [0.5, 0.6) is 23.0 Å². The number of ether oxygens (including phenoxy) is 2. The van der Waals surface area contributed by atoms with Crippen LogP contribution in [0.15, 0.2) is 48.7 Å². The molecule has 1 aliphatic heterocycles. The largest absolute Gasteiger partial charge is 0.450 e. The van der Waals surface area contributed by atoms with E-state index in [9.17, 15) is 0 Å². The average molecular weight is 306 g/mol. The van der Waals surface area contributed by atoms with Gasteiger partial charge in [0, 0.05) is 18.2 Å². The molecule has 23 heavy (non-hydrogen) atoms. The van der Waals surface area contributed by atoms with Gasteiger partial charge in [-0.3, -0.25) is 0 Å². The number of nitrogens with two attached hydrogens (primary N) is 2. The standard InChI is InChI=1S/C17H14N4O2/c18-16-11(9-20-17(19)21-16)7-10-5-6-14-15(8-10)23-13-4-2-1-3-12(13)22-14/h1-6,8-9H,7H2,(H4,18,19,20,21). The van der Waals surface area contributed by atoms with E-state index < -0.39 is 0 Å². The minimum Gasteiger partial charge on any atom is -0.450 e. The fourth-order valence-corrected chi connectivity index (χ4v) is 2.47. The maximum absolute atomic E-state index is 5.90. The third-order valence-electron chi connectivity index (χ3n) is 3.61. The van der Waals surface area contributed by atoms with Crippen LogP contribution in [0.4, 0.5) is 11.8 Å². The van der Waals surface area contributed by atoms with Gasteiger partial charge in [-0.25, -0.2) is 4.98 Å². The molecule has 114 valence electrons. The monoisotopic (exact) mass is 306 g/mol. The smallest absolute Gasteiger partial charge is 0.221 e. The summed E-state index contributed by atoms with van der Waals surface area (Å²) in [7, 11) is 0. The molecule has 0 bridgehead atoms. The third kappa shape index (κ3) is 2.50. The van der Waals surface area contributed by atoms with Crippen LogP contribution < -0.4 is 20.9 Å². The van der Waals surface area contributed by atoms with Gasteiger partial charge in [-0.1, -0.05) is 18.2 Å². The second kappa shape index (κ2) is 5.17. The molecule has 0 fully saturated rings. The number of benzene rings is 2. The summed E-state index contributed by atoms with van der Waals surface area (Å²) in [5.74, 6) is 3.34. The Hall–Kier alpha value is -3.28. The Kier molecular flexibility index (Phi) is 3.01. The lowest BCUT2D eigenvalue weighted by atomic mass is 10.1. The molecule has 0 radical (unpaired) electrons. The normalized spacial score (nSPS) is 11.8. The Morgan fingerprint density at radius 2 is 1.57 bits per heavy atom. The first-order valence-corrected chi connectivity index (χ1v) is 7.13. The van der Waals surface area contributed by atoms with Crippen molar-refractivity contribution in [3.05, 3.63) is 59.8 Å². The van der Waals surface area contributed by atoms with Crippen molar-refractivity contribution < 1.29 is 9.47 Å². The number of rotatable bonds is 2. The lowest BCUT2D eigenvalue weighted by Gasteiger charge is -2.21. The molecule has 0 aliphatic carbocycles. The van der Waals surface area contributed by atoms with Crippen molar-refractivity contribution >= 4 is 11.8 Å². The van der Waals surface area contributed by atoms with E-state index in [-0.39, 0.29) is 5.95 Å². The molecule has 3 aromatic rings. The van der Waals surface area contributed by atoms with Gasteiger partial charge in [-0.15, -0.1) is 0 Å². The molecule has 0 unspecified atom stereocenters. The fraction of sp³-hybridized carbons (Fsp3) is 0.0588. The molecule has 0 saturated heterocycles. The van der Waals surface area contributed by atoms with Crippen molar-refractivity contribution in [3.63, 3.8) is 0 Å². The number of nitrogen functional groups attached to an aromatic ring is 2. The SMILES string of the molecule is Nc1ncc(Cc2ccc3c(c2)Oc2ccccc2O3)c(N)n1. The van der Waals surface area contributed by atoms with Crippen molar-refractivity contribution in [3.8, 4) is 23.0 Å². The van der Waals surface area contributed by atoms with Crippen LogP contribution in [0.25, 0.3) is 0 Å². The summed E-state index contributed by atoms with van der Waals surface area (Å²) < 4.78 is 11.7. The molecule has 0 saturated carbocycles. The van der Waals surface area contributed by atoms with Crippen molar-refractivity contribution in [1.82, 2.24) is 9.97 Å². The fourth-order valence-electron chi connectivity index (χ4n) is 2.47. The first-order chi connectivity index (χ1) is 11.2. The highest BCUT2D eigenvalue weighted by atomic mass is 16.6. The van der Waals surface area contributed by atoms with E-state index in [2.05, 4.69) is 9.97 Å². The first kappa shape index (κ1) is 13.4. The highest BCUT2D eigenvalue weighted by Gasteiger charge is 2.18. The molecule has 4 rings (SSSR count). The van der Waals surface area contributed by atoms with Crippen LogP contribution in [-0.4, -0.2) is 9.97 Å². The predicted molar refractivity (Wildman–Crippen MR) is 86.7 cm³/mol. The van der Waals surface area contributed by atoms with Crippen molar-refractivity contribution in [2.24, 2.45) is 0 Å². The number of hydrogen-bond acceptors (Lipinski definition) is 6. The molecule has 0 amide bonds. The lowest BCUT2D eigenvalue weighted by molar-refractivity contribution is 0.359. The van der Waals surface area contributed by atoms with E-state index in [0.717, 1.165) is 11.1 Å². The summed E-state index contributed by atoms with van der Waals surface area (Å²) in [4.78, 5) is 7.96. The van der Waals surface area contributed by atoms with Gasteiger partial charge in [0.15, 0.2) is 23.0 Å². The molecule has 1 aliphatic rings. The number of anilines is 2. The van der Waals surface area contributed by atoms with Crippen molar-refractivity contribution in [1.29, 1.82) is 0 Å². The van der Waals surface area contributed by atoms with Gasteiger partial charge in [0.05, 0.1) is 0 Å². The van der Waals surface area contributed by atoms with Crippen LogP contribution in [0.3, 0.4) is 0 Å². The molecule has 6 heteroatoms. The Bertz CT molecular complexity index is 896. The molecule has 4 N–H and O–H groups in total. The van der Waals surface area contributed by atoms with Gasteiger partial charge in [0.2, 0.25) is 5.95 Å². The summed E-state index contributed by atoms with van der Waals surface area (Å²) in [5.41, 5.74) is 13.2. The topological polar surface area (TPSA) is 96.3 Å². The van der Waals surface area contributed by atoms with Crippen molar-refractivity contribution in [2.45, 2.75) is 6.42 Å². The van der Waals surface area contributed by atoms with Crippen LogP contribution in [0, 0.1) is 0 Å². The number of nitrogens with zero attached hydrogens (tertiary/aromatic N) is 2. The number of aromatic nitrogens is 2. The second-order valence-corrected chi connectivity index (χ2v) is 5.25. The van der Waals surface area contributed by atoms with Crippen LogP contribution in [0.1, 0.15) is 11.1 Å². The van der Waals surface area contributed by atoms with Gasteiger partial charge >= 0.3 is 0 Å². The van der Waals surface area contributed by atoms with Crippen LogP contribution in [-0.2, 0) is 6.42 Å². The summed E-state index contributed by atoms with van der Waals surface area (Å²) in [5, 5.41) is 0. The number of para-hydroxylation sites is 2. The molecular formula is C17H14N4O2. The van der Waals surface area contributed by atoms with Gasteiger partial charge in [0.1, 0.15) is 5.82 Å². The predicted octanol–water partition coefficient (Wildman–Crippen LogP) is 3.13. The first-order valence-electron chi connectivity index (χ1n) is 7.13. The molecule has 6 nitrogen and oxygen atoms in total. The Morgan fingerprint density at radius 3 is 2.30 bits per heavy atom. The van der Waals surface area contributed by atoms with Gasteiger partial charge < -0.3 is 20.9 Å². The summed E-state index contributed by atoms with van der Waals surface area (Å²) in [6.45, 7) is 0. The Balaban J connectivity index is 1.63. The van der Waals surface area contributed by atoms with Gasteiger partial charge in [0.25, 0.3) is 0 Å². The lowest BCUT2D eigenvalue weighted by Crippen LogP contribution is -2.04. The van der Waals surface area contributed by atoms with E-state index in [4.69, 9.17) is 20.9 Å². The number of hydrogen-bond donors (Lipinski definition) is 2. The second-order valence-electron chi connectivity index (χ2n) is 5.25. The third-order valence-corrected chi connectivity index (χ3v) is 3.61. The Labute approximate surface area is 132 Å². The zero-order valence-corrected chi connectivity index (χ0v) is 12.2. The average Bonchev–Trinajstić information content (AvgIpc) is 2.55. The maximum Gasteiger partial charge on any atom is 0.221 e. The van der Waals surface area contributed by atoms with Gasteiger partial charge in [-0.2, -0.15) is 4.98 Å². The van der Waals surface area contributed by atoms with E-state index in [0.29, 0.717) is 35.2 Å². The maximum atomic E-state index is 5.90. The quantitative estimate of drug-likeness (QED) is 0.590. The summed E-state index contributed by atoms with van der Waals surface area (Å²) in [6.07, 6.45) is 2.23. The molecule has 1 aromatic heterocycles. The highest BCUT2D eigenvalue weighted by Crippen LogP contribution is 2.45. The van der Waals surface area contributed by atoms with E-state index in [1.54, 1.807) is 6.20 Å². The highest BCUT2D eigenvalue weighted by molar-refractivity contribution is 5.56. The number of fused-ring (bicyclic) bond motifs is 2. The summed E-state index contributed by atoms with van der Waals surface area (Å²) in [6, 6.07) is 13.3. The molecule has 2 heterocycles. The molecule has 2 aromatic carbocycles. The molecular weight excluding hydrogens is 292 g/mol. The minimum atomic E-state index is 0.171. The van der Waals surface area contributed by atoms with Crippen LogP contribution in [0.2, 0.25) is 0 Å². The molecule has 0 spiro atoms. The van der Waals surface area contributed by atoms with E-state index in [1.807, 2.05) is 42.5 Å². The van der Waals surface area contributed by atoms with Crippen LogP contribution >= 0.6 is 0 Å². The van der Waals surface area contributed by atoms with Gasteiger partial charge in [-0.05, 0) is 29.8 Å². The zero-order chi connectivity index (χ0) is 15.8. The Morgan fingerprint density at radius 1 is 0.870 bits per heavy atom. The summed E-state index contributed by atoms with van der Waals surface area (Å²) >= 11 is 0. The van der Waals surface area contributed by atoms with Crippen molar-refractivity contribution in [2.75, 3.05) is 11.5 Å². The van der Waals surface area contributed by atoms with E-state index >= 15 is 0 Å². The van der Waals surface area contributed by atoms with E-state index in [1.165, 1.54) is 0 Å². The minimum absolute atomic E-state index is 0.171. The zero-order valence-electron chi connectivity index (χ0n) is 12.2.